The van der Waals surface area contributed by atoms with E-state index in [2.05, 4.69) is 40.7 Å². The number of thioether (sulfide) groups is 1. The molecule has 4 fully saturated rings. The third kappa shape index (κ3) is 11.2. The summed E-state index contributed by atoms with van der Waals surface area (Å²) in [6.45, 7) is 16.7. The fraction of sp³-hybridized carbons (Fsp3) is 0.953. The fourth-order valence-electron chi connectivity index (χ4n) is 11.3. The van der Waals surface area contributed by atoms with Crippen LogP contribution in [0.4, 0.5) is 0 Å². The Morgan fingerprint density at radius 2 is 1.44 bits per heavy atom. The summed E-state index contributed by atoms with van der Waals surface area (Å²) in [6, 6.07) is 0. The van der Waals surface area contributed by atoms with Crippen LogP contribution in [-0.2, 0) is 28.4 Å². The van der Waals surface area contributed by atoms with Crippen LogP contribution in [0.15, 0.2) is 11.6 Å². The first-order valence-electron chi connectivity index (χ1n) is 21.5. The van der Waals surface area contributed by atoms with Crippen LogP contribution < -0.4 is 0 Å². The third-order valence-electron chi connectivity index (χ3n) is 14.3. The maximum Gasteiger partial charge on any atom is 0.132 e. The van der Waals surface area contributed by atoms with Crippen LogP contribution in [0.2, 0.25) is 0 Å². The predicted octanol–water partition coefficient (Wildman–Crippen LogP) is 6.01. The molecule has 0 spiro atoms. The van der Waals surface area contributed by atoms with E-state index in [-0.39, 0.29) is 0 Å². The van der Waals surface area contributed by atoms with Gasteiger partial charge in [0.15, 0.2) is 0 Å². The molecule has 0 aromatic carbocycles. The maximum atomic E-state index is 10.1. The second-order valence-corrected chi connectivity index (χ2v) is 19.2. The minimum absolute atomic E-state index is 0.305. The Morgan fingerprint density at radius 1 is 0.778 bits per heavy atom. The van der Waals surface area contributed by atoms with E-state index in [0.717, 1.165) is 48.3 Å². The lowest BCUT2D eigenvalue weighted by Gasteiger charge is -2.58. The number of fused-ring (bicyclic) bond motifs is 5. The molecule has 10 nitrogen and oxygen atoms in total. The molecule has 0 unspecified atom stereocenters. The number of ether oxygens (including phenoxy) is 6. The fourth-order valence-corrected chi connectivity index (χ4v) is 12.3. The summed E-state index contributed by atoms with van der Waals surface area (Å²) in [7, 11) is 0. The van der Waals surface area contributed by atoms with Crippen LogP contribution in [0, 0.1) is 46.3 Å². The van der Waals surface area contributed by atoms with Crippen LogP contribution in [0.1, 0.15) is 105 Å². The summed E-state index contributed by atoms with van der Waals surface area (Å²) in [6.07, 6.45) is 12.9. The molecule has 0 aromatic heterocycles. The van der Waals surface area contributed by atoms with E-state index in [1.165, 1.54) is 69.5 Å². The summed E-state index contributed by atoms with van der Waals surface area (Å²) < 4.78 is 34.4. The van der Waals surface area contributed by atoms with Crippen molar-refractivity contribution in [3.8, 4) is 0 Å². The molecule has 4 N–H and O–H groups in total. The Hall–Kier alpha value is -0.310. The topological polar surface area (TPSA) is 136 Å². The number of aliphatic hydroxyl groups is 4. The minimum atomic E-state index is -1.36. The van der Waals surface area contributed by atoms with Gasteiger partial charge in [0.1, 0.15) is 29.9 Å². The van der Waals surface area contributed by atoms with E-state index in [9.17, 15) is 20.4 Å². The zero-order chi connectivity index (χ0) is 38.7. The Balaban J connectivity index is 0.868. The number of aliphatic hydroxyl groups excluding tert-OH is 4. The lowest BCUT2D eigenvalue weighted by atomic mass is 9.47. The lowest BCUT2D eigenvalue weighted by Crippen LogP contribution is -2.57. The molecule has 0 radical (unpaired) electrons. The second-order valence-electron chi connectivity index (χ2n) is 18.0. The van der Waals surface area contributed by atoms with Crippen molar-refractivity contribution in [1.29, 1.82) is 0 Å². The monoisotopic (exact) mass is 785 g/mol. The van der Waals surface area contributed by atoms with Gasteiger partial charge in [-0.05, 0) is 97.7 Å². The highest BCUT2D eigenvalue weighted by atomic mass is 32.2. The zero-order valence-corrected chi connectivity index (χ0v) is 35.0. The average Bonchev–Trinajstić information content (AvgIpc) is 3.51. The summed E-state index contributed by atoms with van der Waals surface area (Å²) in [5.41, 5.74) is 1.85. The van der Waals surface area contributed by atoms with Gasteiger partial charge >= 0.3 is 0 Å². The molecule has 0 aromatic rings. The summed E-state index contributed by atoms with van der Waals surface area (Å²) >= 11 is 1.27. The molecule has 0 amide bonds. The van der Waals surface area contributed by atoms with E-state index in [0.29, 0.717) is 82.1 Å². The largest absolute Gasteiger partial charge is 0.394 e. The number of allylic oxidation sites excluding steroid dienone is 1. The van der Waals surface area contributed by atoms with Gasteiger partial charge in [-0.1, -0.05) is 65.5 Å². The van der Waals surface area contributed by atoms with Crippen molar-refractivity contribution < 1.29 is 48.8 Å². The van der Waals surface area contributed by atoms with Crippen molar-refractivity contribution in [1.82, 2.24) is 0 Å². The van der Waals surface area contributed by atoms with Crippen molar-refractivity contribution >= 4 is 11.8 Å². The van der Waals surface area contributed by atoms with Crippen molar-refractivity contribution in [3.05, 3.63) is 11.6 Å². The molecule has 4 aliphatic carbocycles. The minimum Gasteiger partial charge on any atom is -0.394 e. The van der Waals surface area contributed by atoms with Crippen molar-refractivity contribution in [2.45, 2.75) is 141 Å². The molecule has 5 rings (SSSR count). The van der Waals surface area contributed by atoms with Crippen molar-refractivity contribution in [2.24, 2.45) is 46.3 Å². The van der Waals surface area contributed by atoms with Gasteiger partial charge in [-0.25, -0.2) is 0 Å². The molecule has 5 aliphatic rings. The molecular formula is C43H76O10S. The smallest absolute Gasteiger partial charge is 0.132 e. The predicted molar refractivity (Wildman–Crippen MR) is 212 cm³/mol. The normalized spacial score (nSPS) is 38.5. The maximum absolute atomic E-state index is 10.1. The van der Waals surface area contributed by atoms with Gasteiger partial charge < -0.3 is 48.8 Å². The lowest BCUT2D eigenvalue weighted by molar-refractivity contribution is -0.205. The van der Waals surface area contributed by atoms with Gasteiger partial charge in [-0.3, -0.25) is 0 Å². The van der Waals surface area contributed by atoms with E-state index < -0.39 is 36.5 Å². The molecule has 314 valence electrons. The molecular weight excluding hydrogens is 709 g/mol. The number of hydrogen-bond acceptors (Lipinski definition) is 11. The van der Waals surface area contributed by atoms with E-state index in [1.54, 1.807) is 5.57 Å². The Kier molecular flexibility index (Phi) is 17.9. The van der Waals surface area contributed by atoms with Crippen LogP contribution in [0.3, 0.4) is 0 Å². The molecule has 54 heavy (non-hydrogen) atoms. The van der Waals surface area contributed by atoms with Gasteiger partial charge in [0.05, 0.1) is 72.2 Å². The van der Waals surface area contributed by atoms with Crippen LogP contribution in [0.25, 0.3) is 0 Å². The molecule has 3 saturated carbocycles. The molecule has 0 bridgehead atoms. The van der Waals surface area contributed by atoms with Crippen molar-refractivity contribution in [2.75, 3.05) is 71.8 Å². The highest BCUT2D eigenvalue weighted by Gasteiger charge is 2.59. The second kappa shape index (κ2) is 21.6. The standard InChI is InChI=1S/C43H76O10S/c1-29(2)7-6-8-30(3)34-11-12-35-33-10-9-31-27-32(13-15-42(31,4)36(33)14-16-43(34,35)5)52-24-23-50-20-19-48-17-18-49-21-22-51-25-26-54-41-40(47)39(46)38(45)37(28-44)53-41/h9,29-30,32-41,44-47H,6-8,10-28H2,1-5H3/t30-,32-,33+,34-,35+,36+,37-,38+,39+,40-,41+,42+,43-/m1/s1. The van der Waals surface area contributed by atoms with E-state index >= 15 is 0 Å². The highest BCUT2D eigenvalue weighted by molar-refractivity contribution is 7.99. The summed E-state index contributed by atoms with van der Waals surface area (Å²) in [4.78, 5) is 0. The third-order valence-corrected chi connectivity index (χ3v) is 15.4. The molecule has 1 aliphatic heterocycles. The Morgan fingerprint density at radius 3 is 2.11 bits per heavy atom. The van der Waals surface area contributed by atoms with E-state index in [1.807, 2.05) is 0 Å². The highest BCUT2D eigenvalue weighted by Crippen LogP contribution is 2.67. The quantitative estimate of drug-likeness (QED) is 0.0717. The molecule has 11 heteroatoms. The SMILES string of the molecule is CC(C)CCC[C@@H](C)[C@H]1CC[C@H]2[C@@H]3CC=C4C[C@H](OCCOCCOCCOCCOCCS[C@@H]5O[C@H](CO)[C@H](O)[C@H](O)[C@H]5O)CC[C@]4(C)[C@H]3CC[C@]12C. The van der Waals surface area contributed by atoms with Crippen LogP contribution >= 0.6 is 11.8 Å². The molecule has 1 saturated heterocycles. The van der Waals surface area contributed by atoms with E-state index in [4.69, 9.17) is 28.4 Å². The zero-order valence-electron chi connectivity index (χ0n) is 34.2. The molecule has 13 atom stereocenters. The number of hydrogen-bond donors (Lipinski definition) is 4. The van der Waals surface area contributed by atoms with Crippen LogP contribution in [-0.4, -0.2) is 128 Å². The first-order chi connectivity index (χ1) is 26.0. The Labute approximate surface area is 330 Å². The first-order valence-corrected chi connectivity index (χ1v) is 22.6. The van der Waals surface area contributed by atoms with Gasteiger partial charge in [0, 0.05) is 5.75 Å². The van der Waals surface area contributed by atoms with Crippen molar-refractivity contribution in [3.63, 3.8) is 0 Å². The number of rotatable bonds is 23. The van der Waals surface area contributed by atoms with Gasteiger partial charge in [-0.15, -0.1) is 11.8 Å². The molecule has 1 heterocycles. The Bertz CT molecular complexity index is 1120. The summed E-state index contributed by atoms with van der Waals surface area (Å²) in [5.74, 6) is 5.75. The van der Waals surface area contributed by atoms with Crippen LogP contribution in [0.5, 0.6) is 0 Å². The van der Waals surface area contributed by atoms with Gasteiger partial charge in [0.2, 0.25) is 0 Å². The van der Waals surface area contributed by atoms with Gasteiger partial charge in [-0.2, -0.15) is 0 Å². The average molecular weight is 785 g/mol. The summed E-state index contributed by atoms with van der Waals surface area (Å²) in [5, 5.41) is 39.1. The first kappa shape index (κ1) is 44.8. The van der Waals surface area contributed by atoms with Gasteiger partial charge in [0.25, 0.3) is 0 Å².